The molecule has 0 fully saturated rings. The molecular weight excluding hydrogens is 795 g/mol. The molecular formula is C42H41N7O4S4. The largest absolute Gasteiger partial charge is 0.386 e. The second-order valence-corrected chi connectivity index (χ2v) is 19.5. The summed E-state index contributed by atoms with van der Waals surface area (Å²) in [5, 5.41) is 19.0. The summed E-state index contributed by atoms with van der Waals surface area (Å²) in [6.07, 6.45) is 10.8. The van der Waals surface area contributed by atoms with Crippen molar-refractivity contribution in [1.29, 1.82) is 0 Å². The predicted molar refractivity (Wildman–Crippen MR) is 229 cm³/mol. The van der Waals surface area contributed by atoms with Gasteiger partial charge in [-0.1, -0.05) is 35.7 Å². The number of fused-ring (bicyclic) bond motifs is 8. The number of aryl methyl sites for hydroxylation is 2. The third kappa shape index (κ3) is 7.97. The van der Waals surface area contributed by atoms with Crippen molar-refractivity contribution in [2.75, 3.05) is 17.2 Å². The van der Waals surface area contributed by atoms with E-state index in [1.807, 2.05) is 36.4 Å². The lowest BCUT2D eigenvalue weighted by Crippen LogP contribution is -2.21. The van der Waals surface area contributed by atoms with E-state index in [1.165, 1.54) is 51.3 Å². The van der Waals surface area contributed by atoms with Crippen LogP contribution in [0.4, 0.5) is 23.0 Å². The Morgan fingerprint density at radius 2 is 1.30 bits per heavy atom. The van der Waals surface area contributed by atoms with E-state index in [4.69, 9.17) is 5.73 Å². The smallest absolute Gasteiger partial charge is 0.198 e. The molecule has 0 radical (unpaired) electrons. The third-order valence-electron chi connectivity index (χ3n) is 11.3. The van der Waals surface area contributed by atoms with E-state index >= 15 is 0 Å². The van der Waals surface area contributed by atoms with Crippen LogP contribution in [0.2, 0.25) is 0 Å². The molecule has 0 saturated carbocycles. The number of carbonyl (C=O) groups is 3. The minimum atomic E-state index is -0.872. The van der Waals surface area contributed by atoms with Crippen LogP contribution in [0.3, 0.4) is 0 Å². The Bertz CT molecular complexity index is 2570. The second kappa shape index (κ2) is 16.2. The highest BCUT2D eigenvalue weighted by Gasteiger charge is 2.28. The molecule has 6 aromatic rings. The molecule has 11 nitrogen and oxygen atoms in total. The maximum Gasteiger partial charge on any atom is 0.198 e. The molecule has 0 amide bonds. The number of nitrogens with zero attached hydrogens (tertiary/aromatic N) is 4. The van der Waals surface area contributed by atoms with Crippen LogP contribution in [0.15, 0.2) is 58.8 Å². The van der Waals surface area contributed by atoms with Crippen LogP contribution >= 0.6 is 46.2 Å². The maximum absolute atomic E-state index is 11.8. The highest BCUT2D eigenvalue weighted by atomic mass is 32.2. The summed E-state index contributed by atoms with van der Waals surface area (Å²) in [5.41, 5.74) is 12.6. The van der Waals surface area contributed by atoms with Crippen molar-refractivity contribution in [3.8, 4) is 0 Å². The summed E-state index contributed by atoms with van der Waals surface area (Å²) < 4.78 is 0. The molecule has 0 bridgehead atoms. The molecule has 2 aliphatic heterocycles. The van der Waals surface area contributed by atoms with Crippen LogP contribution in [-0.4, -0.2) is 53.7 Å². The number of nitrogens with two attached hydrogens (primary N) is 1. The Morgan fingerprint density at radius 3 is 1.81 bits per heavy atom. The first-order chi connectivity index (χ1) is 27.7. The Labute approximate surface area is 346 Å². The van der Waals surface area contributed by atoms with Crippen LogP contribution in [0, 0.1) is 11.8 Å². The number of aromatic nitrogens is 4. The van der Waals surface area contributed by atoms with E-state index < -0.39 is 6.10 Å². The fourth-order valence-electron chi connectivity index (χ4n) is 8.20. The second-order valence-electron chi connectivity index (χ2n) is 15.1. The molecule has 292 valence electrons. The van der Waals surface area contributed by atoms with Crippen molar-refractivity contribution in [2.24, 2.45) is 17.6 Å². The highest BCUT2D eigenvalue weighted by molar-refractivity contribution is 8.14. The third-order valence-corrected chi connectivity index (χ3v) is 15.5. The van der Waals surface area contributed by atoms with Crippen molar-refractivity contribution in [2.45, 2.75) is 87.0 Å². The van der Waals surface area contributed by atoms with E-state index in [2.05, 4.69) is 30.6 Å². The van der Waals surface area contributed by atoms with E-state index in [-0.39, 0.29) is 16.0 Å². The number of anilines is 4. The van der Waals surface area contributed by atoms with Gasteiger partial charge in [0.15, 0.2) is 16.0 Å². The number of benzene rings is 2. The number of thiophene rings is 2. The Hall–Kier alpha value is -4.25. The first kappa shape index (κ1) is 38.3. The Morgan fingerprint density at radius 1 is 0.789 bits per heavy atom. The molecule has 0 saturated heterocycles. The van der Waals surface area contributed by atoms with E-state index in [0.717, 1.165) is 116 Å². The van der Waals surface area contributed by atoms with Gasteiger partial charge in [0.2, 0.25) is 0 Å². The molecule has 10 rings (SSSR count). The van der Waals surface area contributed by atoms with Crippen LogP contribution in [0.5, 0.6) is 0 Å². The van der Waals surface area contributed by atoms with Gasteiger partial charge in [0.25, 0.3) is 0 Å². The van der Waals surface area contributed by atoms with E-state index in [0.29, 0.717) is 31.1 Å². The van der Waals surface area contributed by atoms with Gasteiger partial charge in [-0.25, -0.2) is 19.9 Å². The number of ketones is 1. The number of aliphatic hydroxyl groups excluding tert-OH is 1. The topological polar surface area (TPSA) is 173 Å². The fraction of sp³-hybridized carbons (Fsp3) is 0.357. The number of nitrogens with one attached hydrogen (secondary N) is 2. The molecule has 5 N–H and O–H groups in total. The minimum absolute atomic E-state index is 0.0753. The minimum Gasteiger partial charge on any atom is -0.386 e. The summed E-state index contributed by atoms with van der Waals surface area (Å²) >= 11 is 6.11. The molecule has 2 aromatic carbocycles. The van der Waals surface area contributed by atoms with Crippen LogP contribution in [0.25, 0.3) is 20.4 Å². The molecule has 3 atom stereocenters. The van der Waals surface area contributed by atoms with E-state index in [9.17, 15) is 19.5 Å². The van der Waals surface area contributed by atoms with Crippen molar-refractivity contribution in [1.82, 2.24) is 19.9 Å². The van der Waals surface area contributed by atoms with Crippen molar-refractivity contribution < 1.29 is 19.5 Å². The zero-order valence-corrected chi connectivity index (χ0v) is 34.6. The molecule has 2 aliphatic carbocycles. The van der Waals surface area contributed by atoms with Gasteiger partial charge in [-0.3, -0.25) is 14.4 Å². The first-order valence-corrected chi connectivity index (χ1v) is 22.6. The summed E-state index contributed by atoms with van der Waals surface area (Å²) in [7, 11) is 0. The summed E-state index contributed by atoms with van der Waals surface area (Å²) in [4.78, 5) is 60.0. The number of hydrogen-bond donors (Lipinski definition) is 4. The Balaban J connectivity index is 0.000000150. The number of rotatable bonds is 9. The number of hydrogen-bond acceptors (Lipinski definition) is 15. The summed E-state index contributed by atoms with van der Waals surface area (Å²) in [6, 6.07) is 12.1. The van der Waals surface area contributed by atoms with Crippen molar-refractivity contribution in [3.05, 3.63) is 81.1 Å². The lowest BCUT2D eigenvalue weighted by atomic mass is 9.84. The van der Waals surface area contributed by atoms with Crippen LogP contribution in [0.1, 0.15) is 64.6 Å². The summed E-state index contributed by atoms with van der Waals surface area (Å²) in [6.45, 7) is 2.29. The molecule has 4 aliphatic rings. The molecule has 3 unspecified atom stereocenters. The zero-order chi connectivity index (χ0) is 39.2. The number of carbonyl (C=O) groups excluding carboxylic acids is 3. The standard InChI is InChI=1S/C23H23N3O3S2.C19H18N4OS2/c1-12(27)17(28)7-3-13-2-6-16-19(8-13)31-23-21(16)22(24-11-25-23)26-15-5-4-14-9-20(29)30-18(14)10-15;20-8-10-1-4-13-15(5-10)26-19-17(13)18(21-9-22-19)23-12-3-2-11-6-16(24)25-14(11)7-12/h4-5,10-13,27H,2-3,6-9H2,1H3,(H,24,25,26);2-3,7,9-10H,1,4-6,8,20H2,(H,21,22,23). The van der Waals surface area contributed by atoms with Gasteiger partial charge >= 0.3 is 0 Å². The monoisotopic (exact) mass is 835 g/mol. The molecule has 15 heteroatoms. The predicted octanol–water partition coefficient (Wildman–Crippen LogP) is 8.12. The van der Waals surface area contributed by atoms with Crippen LogP contribution < -0.4 is 16.4 Å². The van der Waals surface area contributed by atoms with Gasteiger partial charge < -0.3 is 21.5 Å². The number of Topliss-reactive ketones (excluding diaryl/α,β-unsaturated/α-hetero) is 1. The quantitative estimate of drug-likeness (QED) is 0.110. The van der Waals surface area contributed by atoms with Crippen LogP contribution in [-0.2, 0) is 52.9 Å². The van der Waals surface area contributed by atoms with Gasteiger partial charge in [0, 0.05) is 50.2 Å². The van der Waals surface area contributed by atoms with Gasteiger partial charge in [0.05, 0.1) is 10.8 Å². The average Bonchev–Trinajstić information content (AvgIpc) is 3.97. The number of thioether (sulfide) groups is 2. The molecule has 0 spiro atoms. The maximum atomic E-state index is 11.8. The lowest BCUT2D eigenvalue weighted by Gasteiger charge is -2.22. The van der Waals surface area contributed by atoms with Gasteiger partial charge in [-0.15, -0.1) is 22.7 Å². The molecule has 4 aromatic heterocycles. The highest BCUT2D eigenvalue weighted by Crippen LogP contribution is 2.43. The average molecular weight is 836 g/mol. The van der Waals surface area contributed by atoms with E-state index in [1.54, 1.807) is 35.3 Å². The Kier molecular flexibility index (Phi) is 10.9. The lowest BCUT2D eigenvalue weighted by molar-refractivity contribution is -0.126. The van der Waals surface area contributed by atoms with Gasteiger partial charge in [-0.05, 0) is 117 Å². The van der Waals surface area contributed by atoms with Gasteiger partial charge in [0.1, 0.15) is 40.1 Å². The first-order valence-electron chi connectivity index (χ1n) is 19.3. The summed E-state index contributed by atoms with van der Waals surface area (Å²) in [5.74, 6) is 2.62. The van der Waals surface area contributed by atoms with Crippen molar-refractivity contribution >= 4 is 106 Å². The van der Waals surface area contributed by atoms with Gasteiger partial charge in [-0.2, -0.15) is 0 Å². The SMILES string of the molecule is CC(O)C(=O)CCC1CCc2c(sc3ncnc(Nc4ccc5c(c4)SC(=O)C5)c23)C1.NCC1CCc2c(sc3ncnc(Nc4ccc5c(c4)SC(=O)C5)c23)C1. The van der Waals surface area contributed by atoms with Crippen molar-refractivity contribution in [3.63, 3.8) is 0 Å². The normalized spacial score (nSPS) is 18.7. The fourth-order valence-corrected chi connectivity index (χ4v) is 12.7. The zero-order valence-electron chi connectivity index (χ0n) is 31.3. The number of aliphatic hydroxyl groups is 1. The molecule has 57 heavy (non-hydrogen) atoms. The molecule has 6 heterocycles.